The second-order valence-corrected chi connectivity index (χ2v) is 5.33. The van der Waals surface area contributed by atoms with Crippen molar-refractivity contribution in [2.75, 3.05) is 14.2 Å². The Hall–Kier alpha value is -0.770. The van der Waals surface area contributed by atoms with Gasteiger partial charge in [0, 0.05) is 20.3 Å². The van der Waals surface area contributed by atoms with Gasteiger partial charge in [0.15, 0.2) is 6.10 Å². The maximum absolute atomic E-state index is 11.9. The molecule has 0 bridgehead atoms. The number of methoxy groups -OCH3 is 2. The summed E-state index contributed by atoms with van der Waals surface area (Å²) >= 11 is 0. The van der Waals surface area contributed by atoms with E-state index in [0.29, 0.717) is 0 Å². The lowest BCUT2D eigenvalue weighted by Crippen LogP contribution is -2.65. The van der Waals surface area contributed by atoms with E-state index in [1.807, 2.05) is 27.7 Å². The molecule has 25 heavy (non-hydrogen) atoms. The fraction of sp³-hybridized carbons (Fsp3) is 0.941. The summed E-state index contributed by atoms with van der Waals surface area (Å²) in [6, 6.07) is -1.11. The van der Waals surface area contributed by atoms with Crippen molar-refractivity contribution in [3.05, 3.63) is 0 Å². The number of hydrogen-bond donors (Lipinski definition) is 5. The largest absolute Gasteiger partial charge is 0.390 e. The minimum absolute atomic E-state index is 0.244. The fourth-order valence-electron chi connectivity index (χ4n) is 2.63. The highest BCUT2D eigenvalue weighted by Gasteiger charge is 2.44. The van der Waals surface area contributed by atoms with E-state index in [4.69, 9.17) is 15.2 Å². The van der Waals surface area contributed by atoms with Crippen molar-refractivity contribution < 1.29 is 29.6 Å². The SMILES string of the molecule is CC.CC.CCC(O)C(O)C(=O)N[C@@H]1C[C@H](N)[C@@H](OC)[C@H](OC)[C@H]1O. The van der Waals surface area contributed by atoms with Gasteiger partial charge in [0.2, 0.25) is 0 Å². The summed E-state index contributed by atoms with van der Waals surface area (Å²) in [6.45, 7) is 9.65. The lowest BCUT2D eigenvalue weighted by molar-refractivity contribution is -0.149. The van der Waals surface area contributed by atoms with Crippen LogP contribution >= 0.6 is 0 Å². The molecule has 0 aromatic heterocycles. The summed E-state index contributed by atoms with van der Waals surface area (Å²) in [6.07, 6.45) is -4.35. The Morgan fingerprint density at radius 1 is 1.16 bits per heavy atom. The van der Waals surface area contributed by atoms with E-state index in [1.165, 1.54) is 14.2 Å². The van der Waals surface area contributed by atoms with Crippen LogP contribution in [0.2, 0.25) is 0 Å². The van der Waals surface area contributed by atoms with Crippen LogP contribution in [0.4, 0.5) is 0 Å². The van der Waals surface area contributed by atoms with Crippen molar-refractivity contribution in [3.63, 3.8) is 0 Å². The molecule has 152 valence electrons. The summed E-state index contributed by atoms with van der Waals surface area (Å²) in [5.74, 6) is -0.744. The van der Waals surface area contributed by atoms with Crippen LogP contribution in [0.15, 0.2) is 0 Å². The van der Waals surface area contributed by atoms with Gasteiger partial charge < -0.3 is 35.8 Å². The Kier molecular flexibility index (Phi) is 15.2. The molecule has 0 saturated heterocycles. The van der Waals surface area contributed by atoms with Crippen molar-refractivity contribution in [2.24, 2.45) is 5.73 Å². The zero-order valence-corrected chi connectivity index (χ0v) is 16.6. The summed E-state index contributed by atoms with van der Waals surface area (Å²) < 4.78 is 10.4. The van der Waals surface area contributed by atoms with E-state index in [2.05, 4.69) is 5.32 Å². The minimum atomic E-state index is -1.54. The van der Waals surface area contributed by atoms with Crippen LogP contribution in [0.5, 0.6) is 0 Å². The predicted octanol–water partition coefficient (Wildman–Crippen LogP) is -0.223. The molecule has 1 fully saturated rings. The van der Waals surface area contributed by atoms with Gasteiger partial charge in [-0.1, -0.05) is 34.6 Å². The molecule has 0 aromatic rings. The topological polar surface area (TPSA) is 134 Å². The van der Waals surface area contributed by atoms with Gasteiger partial charge in [-0.3, -0.25) is 4.79 Å². The molecule has 0 heterocycles. The number of hydrogen-bond acceptors (Lipinski definition) is 7. The molecular formula is C17H38N2O6. The first-order valence-electron chi connectivity index (χ1n) is 9.03. The van der Waals surface area contributed by atoms with Crippen LogP contribution in [0.3, 0.4) is 0 Å². The number of carbonyl (C=O) groups excluding carboxylic acids is 1. The number of amides is 1. The zero-order valence-electron chi connectivity index (χ0n) is 16.6. The maximum Gasteiger partial charge on any atom is 0.251 e. The maximum atomic E-state index is 11.9. The molecule has 1 rings (SSSR count). The quantitative estimate of drug-likeness (QED) is 0.438. The number of rotatable bonds is 6. The lowest BCUT2D eigenvalue weighted by Gasteiger charge is -2.42. The molecule has 7 atom stereocenters. The van der Waals surface area contributed by atoms with E-state index in [-0.39, 0.29) is 12.8 Å². The Labute approximate surface area is 151 Å². The number of aliphatic hydroxyl groups excluding tert-OH is 3. The molecular weight excluding hydrogens is 328 g/mol. The molecule has 0 aliphatic heterocycles. The van der Waals surface area contributed by atoms with Crippen molar-refractivity contribution in [1.29, 1.82) is 0 Å². The van der Waals surface area contributed by atoms with Crippen LogP contribution in [0.25, 0.3) is 0 Å². The first-order chi connectivity index (χ1) is 11.9. The number of nitrogens with two attached hydrogens (primary N) is 1. The van der Waals surface area contributed by atoms with Gasteiger partial charge in [0.25, 0.3) is 5.91 Å². The van der Waals surface area contributed by atoms with Crippen LogP contribution in [0, 0.1) is 0 Å². The lowest BCUT2D eigenvalue weighted by atomic mass is 9.84. The Bertz CT molecular complexity index is 345. The van der Waals surface area contributed by atoms with Crippen molar-refractivity contribution >= 4 is 5.91 Å². The number of ether oxygens (including phenoxy) is 2. The van der Waals surface area contributed by atoms with Gasteiger partial charge in [-0.2, -0.15) is 0 Å². The summed E-state index contributed by atoms with van der Waals surface area (Å²) in [4.78, 5) is 11.9. The van der Waals surface area contributed by atoms with E-state index < -0.39 is 48.5 Å². The van der Waals surface area contributed by atoms with Gasteiger partial charge in [0.05, 0.1) is 12.1 Å². The van der Waals surface area contributed by atoms with E-state index in [1.54, 1.807) is 6.92 Å². The number of nitrogens with one attached hydrogen (secondary N) is 1. The van der Waals surface area contributed by atoms with Gasteiger partial charge >= 0.3 is 0 Å². The molecule has 1 aliphatic carbocycles. The molecule has 6 N–H and O–H groups in total. The molecule has 1 amide bonds. The molecule has 8 heteroatoms. The fourth-order valence-corrected chi connectivity index (χ4v) is 2.63. The van der Waals surface area contributed by atoms with E-state index in [0.717, 1.165) is 0 Å². The molecule has 8 nitrogen and oxygen atoms in total. The number of aliphatic hydroxyl groups is 3. The molecule has 0 aromatic carbocycles. The predicted molar refractivity (Wildman–Crippen MR) is 97.1 cm³/mol. The van der Waals surface area contributed by atoms with E-state index >= 15 is 0 Å². The normalized spacial score (nSPS) is 30.8. The molecule has 1 aliphatic rings. The van der Waals surface area contributed by atoms with Crippen molar-refractivity contribution in [2.45, 2.75) is 90.1 Å². The summed E-state index contributed by atoms with van der Waals surface area (Å²) in [5, 5.41) is 31.9. The standard InChI is InChI=1S/C13H26N2O6.2C2H6/c1-4-8(16)10(18)13(19)15-7-5-6(14)11(20-2)12(21-3)9(7)17;2*1-2/h6-12,16-18H,4-5,14H2,1-3H3,(H,15,19);2*1-2H3/t6-,7+,8?,9-,10?,11+,12+;;/m0../s1. The van der Waals surface area contributed by atoms with Gasteiger partial charge in [-0.15, -0.1) is 0 Å². The highest BCUT2D eigenvalue weighted by Crippen LogP contribution is 2.24. The third kappa shape index (κ3) is 7.55. The Morgan fingerprint density at radius 3 is 2.04 bits per heavy atom. The Morgan fingerprint density at radius 2 is 1.64 bits per heavy atom. The van der Waals surface area contributed by atoms with Crippen LogP contribution < -0.4 is 11.1 Å². The zero-order chi connectivity index (χ0) is 20.2. The van der Waals surface area contributed by atoms with Gasteiger partial charge in [0.1, 0.15) is 18.3 Å². The summed E-state index contributed by atoms with van der Waals surface area (Å²) in [7, 11) is 2.90. The second kappa shape index (κ2) is 14.4. The molecule has 2 unspecified atom stereocenters. The van der Waals surface area contributed by atoms with Crippen LogP contribution in [-0.4, -0.2) is 78.0 Å². The molecule has 0 radical (unpaired) electrons. The molecule has 0 spiro atoms. The molecule has 1 saturated carbocycles. The monoisotopic (exact) mass is 366 g/mol. The second-order valence-electron chi connectivity index (χ2n) is 5.33. The highest BCUT2D eigenvalue weighted by atomic mass is 16.5. The van der Waals surface area contributed by atoms with E-state index in [9.17, 15) is 20.1 Å². The minimum Gasteiger partial charge on any atom is -0.390 e. The smallest absolute Gasteiger partial charge is 0.251 e. The third-order valence-corrected chi connectivity index (χ3v) is 3.94. The van der Waals surface area contributed by atoms with Crippen LogP contribution in [0.1, 0.15) is 47.5 Å². The third-order valence-electron chi connectivity index (χ3n) is 3.94. The van der Waals surface area contributed by atoms with Crippen LogP contribution in [-0.2, 0) is 14.3 Å². The first kappa shape index (κ1) is 26.5. The average molecular weight is 366 g/mol. The number of carbonyl (C=O) groups is 1. The van der Waals surface area contributed by atoms with Gasteiger partial charge in [-0.25, -0.2) is 0 Å². The van der Waals surface area contributed by atoms with Crippen molar-refractivity contribution in [1.82, 2.24) is 5.32 Å². The Balaban J connectivity index is 0. The summed E-state index contributed by atoms with van der Waals surface area (Å²) in [5.41, 5.74) is 5.97. The van der Waals surface area contributed by atoms with Gasteiger partial charge in [-0.05, 0) is 12.8 Å². The van der Waals surface area contributed by atoms with Crippen molar-refractivity contribution in [3.8, 4) is 0 Å². The first-order valence-corrected chi connectivity index (χ1v) is 9.03. The average Bonchev–Trinajstić information content (AvgIpc) is 2.65. The highest BCUT2D eigenvalue weighted by molar-refractivity contribution is 5.81.